The molecule has 0 bridgehead atoms. The predicted octanol–water partition coefficient (Wildman–Crippen LogP) is 2.82. The largest absolute Gasteiger partial charge is 0.341 e. The van der Waals surface area contributed by atoms with E-state index in [0.717, 1.165) is 38.2 Å². The van der Waals surface area contributed by atoms with Gasteiger partial charge in [0.1, 0.15) is 0 Å². The van der Waals surface area contributed by atoms with E-state index in [1.807, 2.05) is 53.7 Å². The van der Waals surface area contributed by atoms with Gasteiger partial charge in [-0.1, -0.05) is 23.7 Å². The van der Waals surface area contributed by atoms with Crippen LogP contribution < -0.4 is 0 Å². The van der Waals surface area contributed by atoms with Crippen molar-refractivity contribution in [2.45, 2.75) is 25.9 Å². The number of carbonyl (C=O) groups excluding carboxylic acids is 2. The molecule has 7 heteroatoms. The van der Waals surface area contributed by atoms with Crippen LogP contribution in [0.15, 0.2) is 48.8 Å². The van der Waals surface area contributed by atoms with Crippen molar-refractivity contribution in [2.24, 2.45) is 5.92 Å². The lowest BCUT2D eigenvalue weighted by atomic mass is 10.1. The second-order valence-corrected chi connectivity index (χ2v) is 8.55. The monoisotopic (exact) mass is 426 g/mol. The Morgan fingerprint density at radius 1 is 0.967 bits per heavy atom. The lowest BCUT2D eigenvalue weighted by Gasteiger charge is -2.24. The summed E-state index contributed by atoms with van der Waals surface area (Å²) in [7, 11) is 0. The molecule has 158 valence electrons. The van der Waals surface area contributed by atoms with E-state index < -0.39 is 0 Å². The van der Waals surface area contributed by atoms with Gasteiger partial charge in [0.15, 0.2) is 0 Å². The fourth-order valence-corrected chi connectivity index (χ4v) is 4.38. The van der Waals surface area contributed by atoms with Crippen molar-refractivity contribution in [1.82, 2.24) is 19.7 Å². The molecule has 2 aromatic rings. The van der Waals surface area contributed by atoms with Gasteiger partial charge in [0.2, 0.25) is 11.8 Å². The molecule has 1 aromatic carbocycles. The Balaban J connectivity index is 1.31. The number of pyridine rings is 1. The third kappa shape index (κ3) is 5.18. The highest BCUT2D eigenvalue weighted by Crippen LogP contribution is 2.23. The summed E-state index contributed by atoms with van der Waals surface area (Å²) in [6.45, 7) is 5.19. The second kappa shape index (κ2) is 9.58. The van der Waals surface area contributed by atoms with E-state index in [1.54, 1.807) is 4.90 Å². The van der Waals surface area contributed by atoms with Gasteiger partial charge in [0.05, 0.1) is 5.92 Å². The van der Waals surface area contributed by atoms with Gasteiger partial charge >= 0.3 is 0 Å². The van der Waals surface area contributed by atoms with Gasteiger partial charge in [-0.3, -0.25) is 19.5 Å². The molecule has 1 aromatic heterocycles. The van der Waals surface area contributed by atoms with Crippen LogP contribution in [0.2, 0.25) is 5.02 Å². The summed E-state index contributed by atoms with van der Waals surface area (Å²) in [4.78, 5) is 35.8. The summed E-state index contributed by atoms with van der Waals surface area (Å²) < 4.78 is 0. The fraction of sp³-hybridized carbons (Fsp3) is 0.435. The summed E-state index contributed by atoms with van der Waals surface area (Å²) in [6.07, 6.45) is 4.89. The third-order valence-corrected chi connectivity index (χ3v) is 6.16. The quantitative estimate of drug-likeness (QED) is 0.737. The van der Waals surface area contributed by atoms with Crippen molar-refractivity contribution in [3.8, 4) is 0 Å². The van der Waals surface area contributed by atoms with Crippen LogP contribution in [-0.2, 0) is 22.7 Å². The third-order valence-electron chi connectivity index (χ3n) is 5.91. The standard InChI is InChI=1S/C23H27ClN4O2/c24-21-4-2-18(3-5-21)16-28-17-20(14-22(28)29)23(30)27-11-1-10-26(12-13-27)15-19-6-8-25-9-7-19/h2-9,20H,1,10-17H2. The molecule has 0 aliphatic carbocycles. The minimum atomic E-state index is -0.239. The summed E-state index contributed by atoms with van der Waals surface area (Å²) in [5.41, 5.74) is 2.27. The number of aromatic nitrogens is 1. The Labute approximate surface area is 182 Å². The van der Waals surface area contributed by atoms with E-state index in [1.165, 1.54) is 5.56 Å². The maximum absolute atomic E-state index is 13.1. The molecule has 3 heterocycles. The number of amides is 2. The molecule has 1 atom stereocenters. The number of hydrogen-bond acceptors (Lipinski definition) is 4. The minimum absolute atomic E-state index is 0.0532. The smallest absolute Gasteiger partial charge is 0.228 e. The van der Waals surface area contributed by atoms with Crippen molar-refractivity contribution >= 4 is 23.4 Å². The summed E-state index contributed by atoms with van der Waals surface area (Å²) in [5, 5.41) is 0.679. The van der Waals surface area contributed by atoms with Crippen LogP contribution in [0.25, 0.3) is 0 Å². The molecule has 30 heavy (non-hydrogen) atoms. The fourth-order valence-electron chi connectivity index (χ4n) is 4.25. The van der Waals surface area contributed by atoms with Crippen molar-refractivity contribution in [1.29, 1.82) is 0 Å². The molecule has 0 spiro atoms. The molecule has 2 aliphatic rings. The van der Waals surface area contributed by atoms with Crippen molar-refractivity contribution < 1.29 is 9.59 Å². The number of nitrogens with zero attached hydrogens (tertiary/aromatic N) is 4. The van der Waals surface area contributed by atoms with Gasteiger partial charge in [-0.15, -0.1) is 0 Å². The Morgan fingerprint density at radius 3 is 2.47 bits per heavy atom. The van der Waals surface area contributed by atoms with Crippen LogP contribution in [0.1, 0.15) is 24.0 Å². The van der Waals surface area contributed by atoms with Gasteiger partial charge in [0.25, 0.3) is 0 Å². The zero-order valence-electron chi connectivity index (χ0n) is 17.0. The molecule has 1 unspecified atom stereocenters. The van der Waals surface area contributed by atoms with Crippen LogP contribution in [-0.4, -0.2) is 64.2 Å². The Morgan fingerprint density at radius 2 is 1.70 bits per heavy atom. The molecule has 2 saturated heterocycles. The number of halogens is 1. The first-order valence-electron chi connectivity index (χ1n) is 10.5. The first kappa shape index (κ1) is 20.8. The van der Waals surface area contributed by atoms with E-state index in [4.69, 9.17) is 11.6 Å². The van der Waals surface area contributed by atoms with Crippen LogP contribution in [0.5, 0.6) is 0 Å². The maximum atomic E-state index is 13.1. The zero-order chi connectivity index (χ0) is 20.9. The average Bonchev–Trinajstić information content (AvgIpc) is 2.96. The molecule has 2 aliphatic heterocycles. The molecule has 2 fully saturated rings. The summed E-state index contributed by atoms with van der Waals surface area (Å²) >= 11 is 5.94. The van der Waals surface area contributed by atoms with Gasteiger partial charge in [-0.05, 0) is 41.8 Å². The lowest BCUT2D eigenvalue weighted by molar-refractivity contribution is -0.135. The minimum Gasteiger partial charge on any atom is -0.341 e. The van der Waals surface area contributed by atoms with E-state index in [0.29, 0.717) is 31.1 Å². The number of rotatable bonds is 5. The molecular formula is C23H27ClN4O2. The van der Waals surface area contributed by atoms with Gasteiger partial charge in [0, 0.05) is 69.7 Å². The Hall–Kier alpha value is -2.44. The van der Waals surface area contributed by atoms with E-state index in [9.17, 15) is 9.59 Å². The molecule has 2 amide bonds. The van der Waals surface area contributed by atoms with Crippen molar-refractivity contribution in [3.05, 3.63) is 64.9 Å². The van der Waals surface area contributed by atoms with Crippen LogP contribution in [0, 0.1) is 5.92 Å². The highest BCUT2D eigenvalue weighted by Gasteiger charge is 2.36. The topological polar surface area (TPSA) is 56.8 Å². The van der Waals surface area contributed by atoms with Crippen LogP contribution >= 0.6 is 11.6 Å². The lowest BCUT2D eigenvalue weighted by Crippen LogP contribution is -2.39. The molecule has 4 rings (SSSR count). The molecular weight excluding hydrogens is 400 g/mol. The first-order chi connectivity index (χ1) is 14.6. The normalized spacial score (nSPS) is 20.4. The van der Waals surface area contributed by atoms with Crippen LogP contribution in [0.3, 0.4) is 0 Å². The summed E-state index contributed by atoms with van der Waals surface area (Å²) in [5.74, 6) is -0.0679. The number of likely N-dealkylation sites (tertiary alicyclic amines) is 1. The van der Waals surface area contributed by atoms with Gasteiger partial charge < -0.3 is 9.80 Å². The van der Waals surface area contributed by atoms with E-state index >= 15 is 0 Å². The molecule has 0 saturated carbocycles. The molecule has 0 N–H and O–H groups in total. The summed E-state index contributed by atoms with van der Waals surface area (Å²) in [6, 6.07) is 11.6. The number of hydrogen-bond donors (Lipinski definition) is 0. The van der Waals surface area contributed by atoms with E-state index in [-0.39, 0.29) is 17.7 Å². The van der Waals surface area contributed by atoms with Crippen molar-refractivity contribution in [3.63, 3.8) is 0 Å². The first-order valence-corrected chi connectivity index (χ1v) is 10.9. The zero-order valence-corrected chi connectivity index (χ0v) is 17.8. The number of carbonyl (C=O) groups is 2. The maximum Gasteiger partial charge on any atom is 0.228 e. The Kier molecular flexibility index (Phi) is 6.65. The molecule has 0 radical (unpaired) electrons. The van der Waals surface area contributed by atoms with E-state index in [2.05, 4.69) is 9.88 Å². The predicted molar refractivity (Wildman–Crippen MR) is 116 cm³/mol. The molecule has 6 nitrogen and oxygen atoms in total. The van der Waals surface area contributed by atoms with Crippen LogP contribution in [0.4, 0.5) is 0 Å². The average molecular weight is 427 g/mol. The Bertz CT molecular complexity index is 875. The second-order valence-electron chi connectivity index (χ2n) is 8.11. The number of benzene rings is 1. The highest BCUT2D eigenvalue weighted by molar-refractivity contribution is 6.30. The highest BCUT2D eigenvalue weighted by atomic mass is 35.5. The van der Waals surface area contributed by atoms with Gasteiger partial charge in [-0.2, -0.15) is 0 Å². The van der Waals surface area contributed by atoms with Gasteiger partial charge in [-0.25, -0.2) is 0 Å². The SMILES string of the molecule is O=C1CC(C(=O)N2CCCN(Cc3ccncc3)CC2)CN1Cc1ccc(Cl)cc1. The van der Waals surface area contributed by atoms with Crippen molar-refractivity contribution in [2.75, 3.05) is 32.7 Å².